The Morgan fingerprint density at radius 1 is 1.26 bits per heavy atom. The molecule has 0 saturated heterocycles. The SMILES string of the molecule is C[C@]1(O)CC[C@H](NC(=O)[C@H]2C[C@H](Oc3cc(F)ccc3OC(F)F)C2)CC1. The summed E-state index contributed by atoms with van der Waals surface area (Å²) in [6.45, 7) is -1.23. The van der Waals surface area contributed by atoms with Gasteiger partial charge in [0.1, 0.15) is 11.9 Å². The molecule has 5 nitrogen and oxygen atoms in total. The summed E-state index contributed by atoms with van der Waals surface area (Å²) in [5.74, 6) is -1.22. The van der Waals surface area contributed by atoms with Crippen molar-refractivity contribution in [1.82, 2.24) is 5.32 Å². The topological polar surface area (TPSA) is 67.8 Å². The summed E-state index contributed by atoms with van der Waals surface area (Å²) in [5.41, 5.74) is -0.653. The van der Waals surface area contributed by atoms with E-state index in [9.17, 15) is 23.1 Å². The van der Waals surface area contributed by atoms with Crippen molar-refractivity contribution < 1.29 is 32.5 Å². The lowest BCUT2D eigenvalue weighted by Crippen LogP contribution is -2.48. The Hall–Kier alpha value is -1.96. The van der Waals surface area contributed by atoms with E-state index in [1.807, 2.05) is 0 Å². The summed E-state index contributed by atoms with van der Waals surface area (Å²) in [5, 5.41) is 13.0. The zero-order valence-corrected chi connectivity index (χ0v) is 15.1. The number of halogens is 3. The average molecular weight is 387 g/mol. The maximum absolute atomic E-state index is 13.4. The van der Waals surface area contributed by atoms with Gasteiger partial charge in [0, 0.05) is 18.0 Å². The lowest BCUT2D eigenvalue weighted by Gasteiger charge is -2.37. The Labute approximate surface area is 155 Å². The normalized spacial score (nSPS) is 30.5. The smallest absolute Gasteiger partial charge is 0.387 e. The van der Waals surface area contributed by atoms with Gasteiger partial charge in [-0.15, -0.1) is 0 Å². The summed E-state index contributed by atoms with van der Waals surface area (Å²) >= 11 is 0. The molecule has 0 atom stereocenters. The lowest BCUT2D eigenvalue weighted by atomic mass is 9.80. The van der Waals surface area contributed by atoms with Crippen LogP contribution in [0.15, 0.2) is 18.2 Å². The van der Waals surface area contributed by atoms with Crippen LogP contribution in [0.5, 0.6) is 11.5 Å². The predicted molar refractivity (Wildman–Crippen MR) is 91.2 cm³/mol. The van der Waals surface area contributed by atoms with Gasteiger partial charge in [-0.2, -0.15) is 8.78 Å². The van der Waals surface area contributed by atoms with Crippen molar-refractivity contribution in [3.05, 3.63) is 24.0 Å². The van der Waals surface area contributed by atoms with E-state index in [1.165, 1.54) is 0 Å². The number of carbonyl (C=O) groups is 1. The molecule has 1 aromatic rings. The minimum atomic E-state index is -3.03. The predicted octanol–water partition coefficient (Wildman–Crippen LogP) is 3.39. The fourth-order valence-corrected chi connectivity index (χ4v) is 3.53. The molecule has 2 N–H and O–H groups in total. The van der Waals surface area contributed by atoms with Gasteiger partial charge in [0.25, 0.3) is 0 Å². The highest BCUT2D eigenvalue weighted by molar-refractivity contribution is 5.80. The molecule has 0 unspecified atom stereocenters. The molecule has 1 aromatic carbocycles. The molecule has 150 valence electrons. The molecule has 0 bridgehead atoms. The largest absolute Gasteiger partial charge is 0.486 e. The van der Waals surface area contributed by atoms with Gasteiger partial charge in [-0.1, -0.05) is 0 Å². The number of amides is 1. The Kier molecular flexibility index (Phi) is 5.83. The second-order valence-corrected chi connectivity index (χ2v) is 7.66. The van der Waals surface area contributed by atoms with Crippen molar-refractivity contribution in [2.24, 2.45) is 5.92 Å². The molecule has 2 fully saturated rings. The van der Waals surface area contributed by atoms with Crippen LogP contribution in [0.3, 0.4) is 0 Å². The fourth-order valence-electron chi connectivity index (χ4n) is 3.53. The first-order chi connectivity index (χ1) is 12.7. The number of rotatable bonds is 6. The summed E-state index contributed by atoms with van der Waals surface area (Å²) in [6, 6.07) is 3.17. The number of aliphatic hydroxyl groups is 1. The molecule has 2 aliphatic rings. The van der Waals surface area contributed by atoms with Crippen LogP contribution in [0.1, 0.15) is 45.4 Å². The first kappa shape index (κ1) is 19.8. The van der Waals surface area contributed by atoms with Crippen LogP contribution in [0, 0.1) is 11.7 Å². The van der Waals surface area contributed by atoms with Crippen LogP contribution in [-0.2, 0) is 4.79 Å². The van der Waals surface area contributed by atoms with Gasteiger partial charge in [0.05, 0.1) is 5.60 Å². The number of alkyl halides is 2. The average Bonchev–Trinajstić information content (AvgIpc) is 2.54. The van der Waals surface area contributed by atoms with Gasteiger partial charge in [0.2, 0.25) is 5.91 Å². The quantitative estimate of drug-likeness (QED) is 0.785. The lowest BCUT2D eigenvalue weighted by molar-refractivity contribution is -0.132. The number of hydrogen-bond donors (Lipinski definition) is 2. The monoisotopic (exact) mass is 387 g/mol. The molecule has 0 aromatic heterocycles. The third-order valence-corrected chi connectivity index (χ3v) is 5.29. The fraction of sp³-hybridized carbons (Fsp3) is 0.632. The van der Waals surface area contributed by atoms with Gasteiger partial charge in [-0.25, -0.2) is 4.39 Å². The Morgan fingerprint density at radius 2 is 1.93 bits per heavy atom. The Bertz CT molecular complexity index is 667. The number of ether oxygens (including phenoxy) is 2. The van der Waals surface area contributed by atoms with Crippen molar-refractivity contribution in [2.45, 2.75) is 69.8 Å². The van der Waals surface area contributed by atoms with E-state index in [4.69, 9.17) is 4.74 Å². The van der Waals surface area contributed by atoms with E-state index >= 15 is 0 Å². The van der Waals surface area contributed by atoms with Crippen molar-refractivity contribution in [2.75, 3.05) is 0 Å². The third kappa shape index (κ3) is 5.28. The zero-order chi connectivity index (χ0) is 19.6. The Balaban J connectivity index is 1.47. The van der Waals surface area contributed by atoms with Crippen molar-refractivity contribution >= 4 is 5.91 Å². The maximum atomic E-state index is 13.4. The molecule has 3 rings (SSSR count). The second-order valence-electron chi connectivity index (χ2n) is 7.66. The highest BCUT2D eigenvalue weighted by Gasteiger charge is 2.38. The standard InChI is InChI=1S/C19H24F3NO4/c1-19(25)6-4-13(5-7-19)23-17(24)11-8-14(9-11)26-16-10-12(20)2-3-15(16)27-18(21)22/h2-3,10-11,13-14,18,25H,4-9H2,1H3,(H,23,24)/t11-,13-,14-,19-. The maximum Gasteiger partial charge on any atom is 0.387 e. The molecule has 2 saturated carbocycles. The number of hydrogen-bond acceptors (Lipinski definition) is 4. The summed E-state index contributed by atoms with van der Waals surface area (Å²) in [7, 11) is 0. The Morgan fingerprint density at radius 3 is 2.56 bits per heavy atom. The first-order valence-corrected chi connectivity index (χ1v) is 9.15. The molecule has 0 heterocycles. The van der Waals surface area contributed by atoms with Crippen LogP contribution in [-0.4, -0.2) is 35.4 Å². The molecular formula is C19H24F3NO4. The summed E-state index contributed by atoms with van der Waals surface area (Å²) in [6.07, 6.45) is 3.30. The molecule has 27 heavy (non-hydrogen) atoms. The number of carbonyl (C=O) groups excluding carboxylic acids is 1. The highest BCUT2D eigenvalue weighted by Crippen LogP contribution is 2.37. The zero-order valence-electron chi connectivity index (χ0n) is 15.1. The molecule has 8 heteroatoms. The van der Waals surface area contributed by atoms with Gasteiger partial charge in [-0.05, 0) is 57.6 Å². The minimum Gasteiger partial charge on any atom is -0.486 e. The van der Waals surface area contributed by atoms with Crippen molar-refractivity contribution in [3.63, 3.8) is 0 Å². The van der Waals surface area contributed by atoms with E-state index in [-0.39, 0.29) is 35.5 Å². The van der Waals surface area contributed by atoms with Crippen molar-refractivity contribution in [3.8, 4) is 11.5 Å². The second kappa shape index (κ2) is 7.96. The van der Waals surface area contributed by atoms with Crippen molar-refractivity contribution in [1.29, 1.82) is 0 Å². The summed E-state index contributed by atoms with van der Waals surface area (Å²) < 4.78 is 48.1. The van der Waals surface area contributed by atoms with Crippen LogP contribution in [0.2, 0.25) is 0 Å². The molecule has 2 aliphatic carbocycles. The van der Waals surface area contributed by atoms with Gasteiger partial charge < -0.3 is 19.9 Å². The van der Waals surface area contributed by atoms with Crippen LogP contribution in [0.4, 0.5) is 13.2 Å². The van der Waals surface area contributed by atoms with Gasteiger partial charge in [-0.3, -0.25) is 4.79 Å². The van der Waals surface area contributed by atoms with Crippen LogP contribution >= 0.6 is 0 Å². The molecule has 0 radical (unpaired) electrons. The minimum absolute atomic E-state index is 0.0620. The van der Waals surface area contributed by atoms with Gasteiger partial charge >= 0.3 is 6.61 Å². The number of nitrogens with one attached hydrogen (secondary N) is 1. The molecule has 0 aliphatic heterocycles. The highest BCUT2D eigenvalue weighted by atomic mass is 19.3. The van der Waals surface area contributed by atoms with E-state index < -0.39 is 18.0 Å². The van der Waals surface area contributed by atoms with Crippen LogP contribution in [0.25, 0.3) is 0 Å². The molecule has 1 amide bonds. The third-order valence-electron chi connectivity index (χ3n) is 5.29. The van der Waals surface area contributed by atoms with Crippen LogP contribution < -0.4 is 14.8 Å². The van der Waals surface area contributed by atoms with Gasteiger partial charge in [0.15, 0.2) is 11.5 Å². The van der Waals surface area contributed by atoms with E-state index in [2.05, 4.69) is 10.1 Å². The van der Waals surface area contributed by atoms with E-state index in [0.717, 1.165) is 31.0 Å². The van der Waals surface area contributed by atoms with E-state index in [1.54, 1.807) is 6.92 Å². The summed E-state index contributed by atoms with van der Waals surface area (Å²) in [4.78, 5) is 12.3. The molecule has 0 spiro atoms. The van der Waals surface area contributed by atoms with E-state index in [0.29, 0.717) is 25.7 Å². The number of benzene rings is 1. The molecular weight excluding hydrogens is 363 g/mol. The first-order valence-electron chi connectivity index (χ1n) is 9.15.